The zero-order valence-electron chi connectivity index (χ0n) is 18.2. The Balaban J connectivity index is 1.75. The van der Waals surface area contributed by atoms with Gasteiger partial charge in [-0.15, -0.1) is 0 Å². The highest BCUT2D eigenvalue weighted by Crippen LogP contribution is 2.34. The molecule has 2 heterocycles. The molecule has 9 nitrogen and oxygen atoms in total. The van der Waals surface area contributed by atoms with Crippen molar-refractivity contribution < 1.29 is 19.4 Å². The smallest absolute Gasteiger partial charge is 0.258 e. The molecule has 0 spiro atoms. The van der Waals surface area contributed by atoms with Crippen LogP contribution in [0.3, 0.4) is 0 Å². The Morgan fingerprint density at radius 3 is 2.56 bits per heavy atom. The highest BCUT2D eigenvalue weighted by Gasteiger charge is 2.21. The van der Waals surface area contributed by atoms with Gasteiger partial charge in [0.15, 0.2) is 0 Å². The zero-order chi connectivity index (χ0) is 22.7. The topological polar surface area (TPSA) is 114 Å². The molecule has 0 unspecified atom stereocenters. The molecule has 0 aliphatic rings. The summed E-state index contributed by atoms with van der Waals surface area (Å²) in [5.41, 5.74) is 5.76. The van der Waals surface area contributed by atoms with Crippen molar-refractivity contribution in [3.8, 4) is 28.3 Å². The van der Waals surface area contributed by atoms with Gasteiger partial charge in [-0.2, -0.15) is 5.10 Å². The van der Waals surface area contributed by atoms with Crippen LogP contribution in [0.4, 0.5) is 0 Å². The van der Waals surface area contributed by atoms with E-state index < -0.39 is 0 Å². The number of aryl methyl sites for hydroxylation is 1. The molecule has 0 aliphatic heterocycles. The number of aliphatic hydroxyl groups excluding tert-OH is 1. The Morgan fingerprint density at radius 1 is 1.19 bits per heavy atom. The van der Waals surface area contributed by atoms with Crippen molar-refractivity contribution >= 4 is 16.9 Å². The Kier molecular flexibility index (Phi) is 6.09. The number of nitrogens with zero attached hydrogens (tertiary/aromatic N) is 3. The first-order valence-corrected chi connectivity index (χ1v) is 10.2. The van der Waals surface area contributed by atoms with Crippen LogP contribution in [0.5, 0.6) is 11.5 Å². The summed E-state index contributed by atoms with van der Waals surface area (Å²) in [6.07, 6.45) is 4.06. The Hall–Kier alpha value is -3.85. The van der Waals surface area contributed by atoms with Gasteiger partial charge in [0.25, 0.3) is 5.91 Å². The van der Waals surface area contributed by atoms with Gasteiger partial charge < -0.3 is 19.9 Å². The molecule has 0 aliphatic carbocycles. The van der Waals surface area contributed by atoms with Gasteiger partial charge in [0.2, 0.25) is 0 Å². The van der Waals surface area contributed by atoms with Crippen molar-refractivity contribution in [1.29, 1.82) is 0 Å². The van der Waals surface area contributed by atoms with E-state index in [-0.39, 0.29) is 12.5 Å². The third-order valence-electron chi connectivity index (χ3n) is 5.31. The molecule has 32 heavy (non-hydrogen) atoms. The van der Waals surface area contributed by atoms with Crippen molar-refractivity contribution in [2.24, 2.45) is 0 Å². The summed E-state index contributed by atoms with van der Waals surface area (Å²) < 4.78 is 12.9. The number of benzene rings is 2. The second kappa shape index (κ2) is 9.11. The lowest BCUT2D eigenvalue weighted by Crippen LogP contribution is -2.26. The SMILES string of the molecule is COc1cc(-n2cnc3cc(-c4c[nH]nc4C)ccc32)cc(OC)c1C(=O)NCCCO. The fraction of sp³-hybridized carbons (Fsp3) is 0.261. The van der Waals surface area contributed by atoms with E-state index in [0.29, 0.717) is 30.0 Å². The van der Waals surface area contributed by atoms with E-state index in [2.05, 4.69) is 20.5 Å². The standard InChI is InChI=1S/C23H25N5O4/c1-14-17(12-26-27-14)15-5-6-19-18(9-15)25-13-28(19)16-10-20(31-2)22(21(11-16)32-3)23(30)24-7-4-8-29/h5-6,9-13,29H,4,7-8H2,1-3H3,(H,24,30)(H,26,27). The summed E-state index contributed by atoms with van der Waals surface area (Å²) in [4.78, 5) is 17.2. The first kappa shape index (κ1) is 21.4. The third kappa shape index (κ3) is 3.90. The normalized spacial score (nSPS) is 11.0. The first-order chi connectivity index (χ1) is 15.6. The quantitative estimate of drug-likeness (QED) is 0.367. The lowest BCUT2D eigenvalue weighted by molar-refractivity contribution is 0.0945. The number of fused-ring (bicyclic) bond motifs is 1. The van der Waals surface area contributed by atoms with Crippen molar-refractivity contribution in [1.82, 2.24) is 25.1 Å². The predicted molar refractivity (Wildman–Crippen MR) is 121 cm³/mol. The average Bonchev–Trinajstić information content (AvgIpc) is 3.43. The number of H-pyrrole nitrogens is 1. The maximum absolute atomic E-state index is 12.7. The minimum absolute atomic E-state index is 0.00305. The van der Waals surface area contributed by atoms with E-state index in [4.69, 9.17) is 14.6 Å². The van der Waals surface area contributed by atoms with Crippen molar-refractivity contribution in [2.45, 2.75) is 13.3 Å². The maximum atomic E-state index is 12.7. The molecular formula is C23H25N5O4. The molecule has 1 amide bonds. The van der Waals surface area contributed by atoms with E-state index in [1.165, 1.54) is 14.2 Å². The summed E-state index contributed by atoms with van der Waals surface area (Å²) in [6, 6.07) is 9.59. The Bertz CT molecular complexity index is 1240. The van der Waals surface area contributed by atoms with Crippen LogP contribution in [0.1, 0.15) is 22.5 Å². The average molecular weight is 435 g/mol. The van der Waals surface area contributed by atoms with Gasteiger partial charge in [0.05, 0.1) is 36.6 Å². The summed E-state index contributed by atoms with van der Waals surface area (Å²) in [5, 5.41) is 18.8. The lowest BCUT2D eigenvalue weighted by Gasteiger charge is -2.16. The second-order valence-electron chi connectivity index (χ2n) is 7.26. The van der Waals surface area contributed by atoms with E-state index >= 15 is 0 Å². The molecule has 3 N–H and O–H groups in total. The number of nitrogens with one attached hydrogen (secondary N) is 2. The molecular weight excluding hydrogens is 410 g/mol. The fourth-order valence-corrected chi connectivity index (χ4v) is 3.67. The third-order valence-corrected chi connectivity index (χ3v) is 5.31. The molecule has 0 saturated carbocycles. The fourth-order valence-electron chi connectivity index (χ4n) is 3.67. The van der Waals surface area contributed by atoms with Crippen LogP contribution < -0.4 is 14.8 Å². The number of amides is 1. The van der Waals surface area contributed by atoms with E-state index in [0.717, 1.165) is 33.5 Å². The Labute approximate surface area is 185 Å². The van der Waals surface area contributed by atoms with E-state index in [9.17, 15) is 4.79 Å². The van der Waals surface area contributed by atoms with E-state index in [1.54, 1.807) is 18.5 Å². The number of imidazole rings is 1. The molecule has 4 aromatic rings. The largest absolute Gasteiger partial charge is 0.496 e. The van der Waals surface area contributed by atoms with Gasteiger partial charge in [0.1, 0.15) is 23.4 Å². The monoisotopic (exact) mass is 435 g/mol. The van der Waals surface area contributed by atoms with E-state index in [1.807, 2.05) is 35.9 Å². The summed E-state index contributed by atoms with van der Waals surface area (Å²) in [6.45, 7) is 2.31. The molecule has 0 fully saturated rings. The molecule has 4 rings (SSSR count). The van der Waals surface area contributed by atoms with Gasteiger partial charge in [-0.05, 0) is 31.0 Å². The van der Waals surface area contributed by atoms with Crippen LogP contribution in [0, 0.1) is 6.92 Å². The molecule has 2 aromatic heterocycles. The summed E-state index contributed by atoms with van der Waals surface area (Å²) in [7, 11) is 3.02. The summed E-state index contributed by atoms with van der Waals surface area (Å²) >= 11 is 0. The number of carbonyl (C=O) groups is 1. The number of aliphatic hydroxyl groups is 1. The van der Waals surface area contributed by atoms with Crippen LogP contribution in [0.15, 0.2) is 42.9 Å². The lowest BCUT2D eigenvalue weighted by atomic mass is 10.1. The van der Waals surface area contributed by atoms with Crippen LogP contribution >= 0.6 is 0 Å². The highest BCUT2D eigenvalue weighted by molar-refractivity contribution is 6.00. The van der Waals surface area contributed by atoms with Gasteiger partial charge >= 0.3 is 0 Å². The molecule has 0 bridgehead atoms. The van der Waals surface area contributed by atoms with Gasteiger partial charge in [-0.3, -0.25) is 14.5 Å². The molecule has 0 atom stereocenters. The van der Waals surface area contributed by atoms with Crippen molar-refractivity contribution in [3.63, 3.8) is 0 Å². The van der Waals surface area contributed by atoms with Crippen LogP contribution in [-0.2, 0) is 0 Å². The molecule has 166 valence electrons. The Morgan fingerprint density at radius 2 is 1.94 bits per heavy atom. The number of rotatable bonds is 8. The number of carbonyl (C=O) groups excluding carboxylic acids is 1. The number of hydrogen-bond acceptors (Lipinski definition) is 6. The first-order valence-electron chi connectivity index (χ1n) is 10.2. The number of aromatic nitrogens is 4. The van der Waals surface area contributed by atoms with Crippen LogP contribution in [-0.4, -0.2) is 58.1 Å². The second-order valence-corrected chi connectivity index (χ2v) is 7.26. The van der Waals surface area contributed by atoms with Crippen LogP contribution in [0.25, 0.3) is 27.8 Å². The van der Waals surface area contributed by atoms with Crippen molar-refractivity contribution in [2.75, 3.05) is 27.4 Å². The zero-order valence-corrected chi connectivity index (χ0v) is 18.2. The number of aromatic amines is 1. The van der Waals surface area contributed by atoms with Gasteiger partial charge in [-0.1, -0.05) is 6.07 Å². The number of hydrogen-bond donors (Lipinski definition) is 3. The number of methoxy groups -OCH3 is 2. The molecule has 0 saturated heterocycles. The minimum Gasteiger partial charge on any atom is -0.496 e. The number of ether oxygens (including phenoxy) is 2. The predicted octanol–water partition coefficient (Wildman–Crippen LogP) is 2.85. The van der Waals surface area contributed by atoms with Crippen molar-refractivity contribution in [3.05, 3.63) is 54.1 Å². The minimum atomic E-state index is -0.325. The van der Waals surface area contributed by atoms with Gasteiger partial charge in [-0.25, -0.2) is 4.98 Å². The molecule has 2 aromatic carbocycles. The molecule has 9 heteroatoms. The highest BCUT2D eigenvalue weighted by atomic mass is 16.5. The van der Waals surface area contributed by atoms with Gasteiger partial charge in [0, 0.05) is 37.0 Å². The summed E-state index contributed by atoms with van der Waals surface area (Å²) in [5.74, 6) is 0.441. The van der Waals surface area contributed by atoms with Crippen LogP contribution in [0.2, 0.25) is 0 Å². The molecule has 0 radical (unpaired) electrons. The maximum Gasteiger partial charge on any atom is 0.258 e.